The van der Waals surface area contributed by atoms with Crippen LogP contribution in [-0.2, 0) is 25.4 Å². The maximum atomic E-state index is 12.8. The van der Waals surface area contributed by atoms with Gasteiger partial charge < -0.3 is 10.6 Å². The van der Waals surface area contributed by atoms with Crippen molar-refractivity contribution in [3.05, 3.63) is 59.7 Å². The van der Waals surface area contributed by atoms with Crippen molar-refractivity contribution in [1.82, 2.24) is 4.31 Å². The molecule has 0 bridgehead atoms. The molecule has 3 rings (SSSR count). The number of benzene rings is 2. The molecule has 1 aliphatic rings. The lowest BCUT2D eigenvalue weighted by Crippen LogP contribution is -2.42. The lowest BCUT2D eigenvalue weighted by molar-refractivity contribution is -0.121. The van der Waals surface area contributed by atoms with Crippen LogP contribution in [0, 0.1) is 12.8 Å². The summed E-state index contributed by atoms with van der Waals surface area (Å²) in [6, 6.07) is 14.4. The van der Waals surface area contributed by atoms with Gasteiger partial charge >= 0.3 is 0 Å². The molecule has 1 fully saturated rings. The van der Waals surface area contributed by atoms with Crippen LogP contribution in [0.3, 0.4) is 0 Å². The van der Waals surface area contributed by atoms with Gasteiger partial charge in [-0.05, 0) is 49.1 Å². The fraction of sp³-hybridized carbons (Fsp3) is 0.364. The highest BCUT2D eigenvalue weighted by Crippen LogP contribution is 2.24. The van der Waals surface area contributed by atoms with Crippen molar-refractivity contribution in [2.45, 2.75) is 32.4 Å². The van der Waals surface area contributed by atoms with Gasteiger partial charge in [0, 0.05) is 37.3 Å². The van der Waals surface area contributed by atoms with E-state index in [4.69, 9.17) is 0 Å². The molecule has 1 aliphatic heterocycles. The number of carbonyl (C=O) groups excluding carboxylic acids is 2. The van der Waals surface area contributed by atoms with Crippen LogP contribution in [0.4, 0.5) is 11.4 Å². The van der Waals surface area contributed by atoms with Crippen LogP contribution in [0.15, 0.2) is 48.5 Å². The number of nitrogens with zero attached hydrogens (tertiary/aromatic N) is 1. The molecule has 0 spiro atoms. The first kappa shape index (κ1) is 22.0. The third-order valence-corrected chi connectivity index (χ3v) is 7.10. The number of carbonyl (C=O) groups is 2. The SMILES string of the molecule is CC(=O)Nc1cccc(NC(=O)C2CCN(S(=O)(=O)Cc3ccccc3C)CC2)c1. The molecule has 0 aliphatic carbocycles. The summed E-state index contributed by atoms with van der Waals surface area (Å²) in [5, 5.41) is 5.55. The van der Waals surface area contributed by atoms with E-state index in [1.54, 1.807) is 24.3 Å². The van der Waals surface area contributed by atoms with Crippen molar-refractivity contribution in [3.8, 4) is 0 Å². The van der Waals surface area contributed by atoms with Gasteiger partial charge in [0.05, 0.1) is 5.75 Å². The van der Waals surface area contributed by atoms with Crippen molar-refractivity contribution in [1.29, 1.82) is 0 Å². The van der Waals surface area contributed by atoms with Crippen LogP contribution in [-0.4, -0.2) is 37.6 Å². The molecule has 30 heavy (non-hydrogen) atoms. The van der Waals surface area contributed by atoms with Gasteiger partial charge in [-0.1, -0.05) is 30.3 Å². The highest BCUT2D eigenvalue weighted by Gasteiger charge is 2.31. The van der Waals surface area contributed by atoms with Crippen LogP contribution in [0.5, 0.6) is 0 Å². The average Bonchev–Trinajstić information content (AvgIpc) is 2.69. The Balaban J connectivity index is 1.56. The Morgan fingerprint density at radius 2 is 1.63 bits per heavy atom. The number of sulfonamides is 1. The van der Waals surface area contributed by atoms with E-state index in [-0.39, 0.29) is 23.5 Å². The molecule has 2 aromatic carbocycles. The van der Waals surface area contributed by atoms with Gasteiger partial charge in [-0.2, -0.15) is 0 Å². The summed E-state index contributed by atoms with van der Waals surface area (Å²) in [4.78, 5) is 23.8. The first-order chi connectivity index (χ1) is 14.2. The molecule has 2 amide bonds. The van der Waals surface area contributed by atoms with Gasteiger partial charge in [0.1, 0.15) is 0 Å². The smallest absolute Gasteiger partial charge is 0.227 e. The largest absolute Gasteiger partial charge is 0.326 e. The number of nitrogens with one attached hydrogen (secondary N) is 2. The van der Waals surface area contributed by atoms with Gasteiger partial charge in [0.15, 0.2) is 0 Å². The number of hydrogen-bond acceptors (Lipinski definition) is 4. The minimum atomic E-state index is -3.42. The van der Waals surface area contributed by atoms with Crippen LogP contribution in [0.2, 0.25) is 0 Å². The number of rotatable bonds is 6. The molecule has 0 radical (unpaired) electrons. The predicted octanol–water partition coefficient (Wildman–Crippen LogP) is 3.13. The topological polar surface area (TPSA) is 95.6 Å². The lowest BCUT2D eigenvalue weighted by Gasteiger charge is -2.30. The van der Waals surface area contributed by atoms with E-state index < -0.39 is 10.0 Å². The second kappa shape index (κ2) is 9.40. The number of amides is 2. The quantitative estimate of drug-likeness (QED) is 0.737. The van der Waals surface area contributed by atoms with Gasteiger partial charge in [0.2, 0.25) is 21.8 Å². The number of anilines is 2. The molecule has 2 N–H and O–H groups in total. The molecule has 160 valence electrons. The fourth-order valence-electron chi connectivity index (χ4n) is 3.58. The molecule has 0 unspecified atom stereocenters. The second-order valence-electron chi connectivity index (χ2n) is 7.61. The zero-order valence-corrected chi connectivity index (χ0v) is 18.0. The van der Waals surface area contributed by atoms with E-state index in [0.29, 0.717) is 37.3 Å². The first-order valence-electron chi connectivity index (χ1n) is 9.95. The summed E-state index contributed by atoms with van der Waals surface area (Å²) in [5.74, 6) is -0.588. The van der Waals surface area contributed by atoms with Crippen LogP contribution >= 0.6 is 0 Å². The average molecular weight is 430 g/mol. The Bertz CT molecular complexity index is 1030. The summed E-state index contributed by atoms with van der Waals surface area (Å²) < 4.78 is 27.1. The van der Waals surface area contributed by atoms with Crippen LogP contribution in [0.25, 0.3) is 0 Å². The molecule has 0 saturated carbocycles. The Labute approximate surface area is 177 Å². The molecular weight excluding hydrogens is 402 g/mol. The Morgan fingerprint density at radius 3 is 2.27 bits per heavy atom. The summed E-state index contributed by atoms with van der Waals surface area (Å²) in [5.41, 5.74) is 2.96. The van der Waals surface area contributed by atoms with E-state index in [1.165, 1.54) is 11.2 Å². The molecule has 0 atom stereocenters. The molecule has 2 aromatic rings. The third kappa shape index (κ3) is 5.67. The highest BCUT2D eigenvalue weighted by molar-refractivity contribution is 7.88. The van der Waals surface area contributed by atoms with Gasteiger partial charge in [-0.25, -0.2) is 12.7 Å². The molecule has 0 aromatic heterocycles. The van der Waals surface area contributed by atoms with Crippen molar-refractivity contribution in [2.24, 2.45) is 5.92 Å². The van der Waals surface area contributed by atoms with Gasteiger partial charge in [-0.3, -0.25) is 9.59 Å². The van der Waals surface area contributed by atoms with Gasteiger partial charge in [-0.15, -0.1) is 0 Å². The van der Waals surface area contributed by atoms with E-state index in [2.05, 4.69) is 10.6 Å². The number of aryl methyl sites for hydroxylation is 1. The van der Waals surface area contributed by atoms with Crippen molar-refractivity contribution in [3.63, 3.8) is 0 Å². The maximum Gasteiger partial charge on any atom is 0.227 e. The second-order valence-corrected chi connectivity index (χ2v) is 9.58. The van der Waals surface area contributed by atoms with Crippen molar-refractivity contribution < 1.29 is 18.0 Å². The summed E-state index contributed by atoms with van der Waals surface area (Å²) in [7, 11) is -3.42. The molecular formula is C22H27N3O4S. The predicted molar refractivity (Wildman–Crippen MR) is 117 cm³/mol. The number of piperidine rings is 1. The summed E-state index contributed by atoms with van der Waals surface area (Å²) >= 11 is 0. The molecule has 1 saturated heterocycles. The highest BCUT2D eigenvalue weighted by atomic mass is 32.2. The molecule has 8 heteroatoms. The summed E-state index contributed by atoms with van der Waals surface area (Å²) in [6.07, 6.45) is 0.953. The number of hydrogen-bond donors (Lipinski definition) is 2. The fourth-order valence-corrected chi connectivity index (χ4v) is 5.24. The van der Waals surface area contributed by atoms with E-state index >= 15 is 0 Å². The first-order valence-corrected chi connectivity index (χ1v) is 11.6. The Kier molecular flexibility index (Phi) is 6.89. The maximum absolute atomic E-state index is 12.8. The monoisotopic (exact) mass is 429 g/mol. The standard InChI is InChI=1S/C22H27N3O4S/c1-16-6-3-4-7-19(16)15-30(28,29)25-12-10-18(11-13-25)22(27)24-21-9-5-8-20(14-21)23-17(2)26/h3-9,14,18H,10-13,15H2,1-2H3,(H,23,26)(H,24,27). The minimum Gasteiger partial charge on any atom is -0.326 e. The Hall–Kier alpha value is -2.71. The van der Waals surface area contributed by atoms with Gasteiger partial charge in [0.25, 0.3) is 0 Å². The minimum absolute atomic E-state index is 0.0214. The van der Waals surface area contributed by atoms with Crippen LogP contribution in [0.1, 0.15) is 30.9 Å². The van der Waals surface area contributed by atoms with Crippen molar-refractivity contribution in [2.75, 3.05) is 23.7 Å². The van der Waals surface area contributed by atoms with E-state index in [9.17, 15) is 18.0 Å². The zero-order chi connectivity index (χ0) is 21.7. The zero-order valence-electron chi connectivity index (χ0n) is 17.2. The summed E-state index contributed by atoms with van der Waals surface area (Å²) in [6.45, 7) is 3.99. The third-order valence-electron chi connectivity index (χ3n) is 5.27. The Morgan fingerprint density at radius 1 is 1.00 bits per heavy atom. The molecule has 7 nitrogen and oxygen atoms in total. The lowest BCUT2D eigenvalue weighted by atomic mass is 9.97. The van der Waals surface area contributed by atoms with E-state index in [0.717, 1.165) is 11.1 Å². The van der Waals surface area contributed by atoms with Crippen molar-refractivity contribution >= 4 is 33.2 Å². The molecule has 1 heterocycles. The van der Waals surface area contributed by atoms with Crippen LogP contribution < -0.4 is 10.6 Å². The van der Waals surface area contributed by atoms with E-state index in [1.807, 2.05) is 31.2 Å². The normalized spacial score (nSPS) is 15.5.